The van der Waals surface area contributed by atoms with E-state index in [9.17, 15) is 9.90 Å². The molecule has 0 radical (unpaired) electrons. The van der Waals surface area contributed by atoms with Crippen molar-refractivity contribution in [3.05, 3.63) is 29.3 Å². The van der Waals surface area contributed by atoms with Crippen LogP contribution in [-0.2, 0) is 11.3 Å². The van der Waals surface area contributed by atoms with Gasteiger partial charge in [-0.2, -0.15) is 0 Å². The van der Waals surface area contributed by atoms with Gasteiger partial charge in [0.05, 0.1) is 6.54 Å². The van der Waals surface area contributed by atoms with E-state index in [0.29, 0.717) is 18.8 Å². The van der Waals surface area contributed by atoms with Crippen LogP contribution in [0, 0.1) is 6.92 Å². The summed E-state index contributed by atoms with van der Waals surface area (Å²) in [4.78, 5) is 13.5. The normalized spacial score (nSPS) is 10.4. The second-order valence-electron chi connectivity index (χ2n) is 4.25. The minimum absolute atomic E-state index is 0.0899. The maximum atomic E-state index is 11.7. The fourth-order valence-electron chi connectivity index (χ4n) is 1.85. The summed E-state index contributed by atoms with van der Waals surface area (Å²) in [5, 5.41) is 12.9. The van der Waals surface area contributed by atoms with Gasteiger partial charge in [0, 0.05) is 25.2 Å². The Balaban J connectivity index is 2.47. The minimum atomic E-state index is 0.0899. The average molecular weight is 250 g/mol. The number of benzene rings is 1. The summed E-state index contributed by atoms with van der Waals surface area (Å²) in [6, 6.07) is 5.62. The molecule has 0 aliphatic carbocycles. The smallest absolute Gasteiger partial charge is 0.236 e. The van der Waals surface area contributed by atoms with Crippen molar-refractivity contribution in [2.45, 2.75) is 27.3 Å². The first-order valence-electron chi connectivity index (χ1n) is 6.36. The highest BCUT2D eigenvalue weighted by atomic mass is 16.3. The van der Waals surface area contributed by atoms with Gasteiger partial charge in [0.15, 0.2) is 0 Å². The van der Waals surface area contributed by atoms with E-state index in [2.05, 4.69) is 5.32 Å². The van der Waals surface area contributed by atoms with Crippen molar-refractivity contribution >= 4 is 5.91 Å². The van der Waals surface area contributed by atoms with Crippen LogP contribution in [0.25, 0.3) is 0 Å². The molecule has 0 aromatic heterocycles. The van der Waals surface area contributed by atoms with E-state index < -0.39 is 0 Å². The molecule has 1 rings (SSSR count). The fraction of sp³-hybridized carbons (Fsp3) is 0.500. The Bertz CT molecular complexity index is 401. The first-order valence-corrected chi connectivity index (χ1v) is 6.36. The van der Waals surface area contributed by atoms with Crippen molar-refractivity contribution in [1.29, 1.82) is 0 Å². The molecule has 2 N–H and O–H groups in total. The third kappa shape index (κ3) is 3.74. The first-order chi connectivity index (χ1) is 8.60. The number of hydrogen-bond acceptors (Lipinski definition) is 3. The molecular weight excluding hydrogens is 228 g/mol. The number of carbonyl (C=O) groups is 1. The Hall–Kier alpha value is -1.55. The number of carbonyl (C=O) groups excluding carboxylic acids is 1. The highest BCUT2D eigenvalue weighted by Crippen LogP contribution is 2.20. The summed E-state index contributed by atoms with van der Waals surface area (Å²) >= 11 is 0. The lowest BCUT2D eigenvalue weighted by molar-refractivity contribution is -0.129. The van der Waals surface area contributed by atoms with Crippen molar-refractivity contribution in [3.63, 3.8) is 0 Å². The van der Waals surface area contributed by atoms with E-state index >= 15 is 0 Å². The Morgan fingerprint density at radius 1 is 1.33 bits per heavy atom. The number of nitrogens with zero attached hydrogens (tertiary/aromatic N) is 1. The number of rotatable bonds is 6. The third-order valence-electron chi connectivity index (χ3n) is 3.03. The van der Waals surface area contributed by atoms with Crippen LogP contribution in [0.4, 0.5) is 0 Å². The van der Waals surface area contributed by atoms with Crippen molar-refractivity contribution in [2.24, 2.45) is 0 Å². The lowest BCUT2D eigenvalue weighted by Gasteiger charge is -2.18. The number of aryl methyl sites for hydroxylation is 1. The number of hydrogen-bond donors (Lipinski definition) is 2. The predicted molar refractivity (Wildman–Crippen MR) is 72.5 cm³/mol. The number of amides is 1. The SMILES string of the molecule is CCN(CC)C(=O)CNCc1cccc(C)c1O. The molecule has 0 heterocycles. The van der Waals surface area contributed by atoms with E-state index in [1.54, 1.807) is 4.90 Å². The van der Waals surface area contributed by atoms with Crippen molar-refractivity contribution in [3.8, 4) is 5.75 Å². The minimum Gasteiger partial charge on any atom is -0.507 e. The molecule has 0 unspecified atom stereocenters. The number of para-hydroxylation sites is 1. The molecule has 18 heavy (non-hydrogen) atoms. The molecule has 0 fully saturated rings. The van der Waals surface area contributed by atoms with Gasteiger partial charge in [-0.05, 0) is 26.3 Å². The zero-order valence-corrected chi connectivity index (χ0v) is 11.4. The molecule has 4 heteroatoms. The summed E-state index contributed by atoms with van der Waals surface area (Å²) in [5.74, 6) is 0.396. The summed E-state index contributed by atoms with van der Waals surface area (Å²) in [6.45, 7) is 8.05. The third-order valence-corrected chi connectivity index (χ3v) is 3.03. The van der Waals surface area contributed by atoms with Crippen LogP contribution in [-0.4, -0.2) is 35.5 Å². The Morgan fingerprint density at radius 2 is 2.00 bits per heavy atom. The molecule has 100 valence electrons. The molecule has 0 aliphatic rings. The Kier molecular flexibility index (Phi) is 5.65. The monoisotopic (exact) mass is 250 g/mol. The summed E-state index contributed by atoms with van der Waals surface area (Å²) in [6.07, 6.45) is 0. The maximum Gasteiger partial charge on any atom is 0.236 e. The van der Waals surface area contributed by atoms with Crippen LogP contribution in [0.3, 0.4) is 0 Å². The van der Waals surface area contributed by atoms with E-state index in [-0.39, 0.29) is 5.91 Å². The van der Waals surface area contributed by atoms with Gasteiger partial charge >= 0.3 is 0 Å². The summed E-state index contributed by atoms with van der Waals surface area (Å²) in [7, 11) is 0. The Labute approximate surface area is 109 Å². The lowest BCUT2D eigenvalue weighted by Crippen LogP contribution is -2.37. The van der Waals surface area contributed by atoms with E-state index in [0.717, 1.165) is 24.2 Å². The zero-order chi connectivity index (χ0) is 13.5. The number of nitrogens with one attached hydrogen (secondary N) is 1. The number of aromatic hydroxyl groups is 1. The molecule has 1 aromatic carbocycles. The highest BCUT2D eigenvalue weighted by molar-refractivity contribution is 5.78. The van der Waals surface area contributed by atoms with Crippen LogP contribution < -0.4 is 5.32 Å². The highest BCUT2D eigenvalue weighted by Gasteiger charge is 2.09. The zero-order valence-electron chi connectivity index (χ0n) is 11.4. The summed E-state index contributed by atoms with van der Waals surface area (Å²) < 4.78 is 0. The molecule has 0 saturated carbocycles. The summed E-state index contributed by atoms with van der Waals surface area (Å²) in [5.41, 5.74) is 1.67. The van der Waals surface area contributed by atoms with Crippen molar-refractivity contribution in [2.75, 3.05) is 19.6 Å². The van der Waals surface area contributed by atoms with E-state index in [1.807, 2.05) is 39.0 Å². The molecule has 0 atom stereocenters. The standard InChI is InChI=1S/C14H22N2O2/c1-4-16(5-2)13(17)10-15-9-12-8-6-7-11(3)14(12)18/h6-8,15,18H,4-5,9-10H2,1-3H3. The van der Waals surface area contributed by atoms with Crippen LogP contribution in [0.2, 0.25) is 0 Å². The van der Waals surface area contributed by atoms with Gasteiger partial charge in [-0.3, -0.25) is 4.79 Å². The van der Waals surface area contributed by atoms with Crippen LogP contribution >= 0.6 is 0 Å². The maximum absolute atomic E-state index is 11.7. The molecule has 0 aliphatic heterocycles. The average Bonchev–Trinajstić information content (AvgIpc) is 2.36. The van der Waals surface area contributed by atoms with Crippen LogP contribution in [0.5, 0.6) is 5.75 Å². The van der Waals surface area contributed by atoms with Gasteiger partial charge < -0.3 is 15.3 Å². The first kappa shape index (κ1) is 14.5. The van der Waals surface area contributed by atoms with Gasteiger partial charge in [-0.15, -0.1) is 0 Å². The van der Waals surface area contributed by atoms with Gasteiger partial charge in [0.25, 0.3) is 0 Å². The van der Waals surface area contributed by atoms with Gasteiger partial charge in [-0.25, -0.2) is 0 Å². The van der Waals surface area contributed by atoms with Crippen molar-refractivity contribution < 1.29 is 9.90 Å². The molecule has 1 aromatic rings. The fourth-order valence-corrected chi connectivity index (χ4v) is 1.85. The van der Waals surface area contributed by atoms with Crippen LogP contribution in [0.1, 0.15) is 25.0 Å². The quantitative estimate of drug-likeness (QED) is 0.807. The number of phenolic OH excluding ortho intramolecular Hbond substituents is 1. The second kappa shape index (κ2) is 7.01. The molecule has 0 spiro atoms. The predicted octanol–water partition coefficient (Wildman–Crippen LogP) is 1.66. The lowest BCUT2D eigenvalue weighted by atomic mass is 10.1. The molecule has 0 bridgehead atoms. The second-order valence-corrected chi connectivity index (χ2v) is 4.25. The van der Waals surface area contributed by atoms with Crippen molar-refractivity contribution in [1.82, 2.24) is 10.2 Å². The number of phenols is 1. The molecule has 1 amide bonds. The molecule has 0 saturated heterocycles. The van der Waals surface area contributed by atoms with Crippen LogP contribution in [0.15, 0.2) is 18.2 Å². The molecular formula is C14H22N2O2. The Morgan fingerprint density at radius 3 is 2.61 bits per heavy atom. The molecule has 4 nitrogen and oxygen atoms in total. The van der Waals surface area contributed by atoms with Gasteiger partial charge in [0.1, 0.15) is 5.75 Å². The van der Waals surface area contributed by atoms with Gasteiger partial charge in [0.2, 0.25) is 5.91 Å². The van der Waals surface area contributed by atoms with E-state index in [1.165, 1.54) is 0 Å². The van der Waals surface area contributed by atoms with Gasteiger partial charge in [-0.1, -0.05) is 18.2 Å². The number of likely N-dealkylation sites (N-methyl/N-ethyl adjacent to an activating group) is 1. The largest absolute Gasteiger partial charge is 0.507 e. The van der Waals surface area contributed by atoms with E-state index in [4.69, 9.17) is 0 Å². The topological polar surface area (TPSA) is 52.6 Å².